The predicted octanol–water partition coefficient (Wildman–Crippen LogP) is 2.16. The summed E-state index contributed by atoms with van der Waals surface area (Å²) in [6.45, 7) is 3.28. The standard InChI is InChI=1S/C11H9FO2/c1-2-9(11(13)14)7-8-3-5-10(12)6-4-8/h3-6H,1,7H2,(H,13,14). The Hall–Kier alpha value is -1.86. The van der Waals surface area contributed by atoms with Crippen LogP contribution in [0.1, 0.15) is 5.56 Å². The lowest BCUT2D eigenvalue weighted by atomic mass is 10.1. The molecule has 1 aromatic rings. The number of rotatable bonds is 3. The van der Waals surface area contributed by atoms with Crippen molar-refractivity contribution in [1.82, 2.24) is 0 Å². The monoisotopic (exact) mass is 192 g/mol. The van der Waals surface area contributed by atoms with E-state index in [2.05, 4.69) is 12.3 Å². The van der Waals surface area contributed by atoms with Crippen LogP contribution in [0.15, 0.2) is 42.1 Å². The molecule has 0 amide bonds. The summed E-state index contributed by atoms with van der Waals surface area (Å²) in [4.78, 5) is 10.6. The van der Waals surface area contributed by atoms with E-state index in [1.165, 1.54) is 24.3 Å². The van der Waals surface area contributed by atoms with Gasteiger partial charge in [0.2, 0.25) is 0 Å². The molecule has 3 heteroatoms. The smallest absolute Gasteiger partial charge is 0.339 e. The average Bonchev–Trinajstić information content (AvgIpc) is 2.16. The molecule has 72 valence electrons. The predicted molar refractivity (Wildman–Crippen MR) is 50.4 cm³/mol. The van der Waals surface area contributed by atoms with Gasteiger partial charge in [0.05, 0.1) is 5.57 Å². The normalized spacial score (nSPS) is 9.21. The molecular weight excluding hydrogens is 183 g/mol. The van der Waals surface area contributed by atoms with E-state index >= 15 is 0 Å². The maximum absolute atomic E-state index is 12.5. The van der Waals surface area contributed by atoms with Gasteiger partial charge in [0, 0.05) is 6.42 Å². The first kappa shape index (κ1) is 10.2. The van der Waals surface area contributed by atoms with Crippen molar-refractivity contribution in [3.63, 3.8) is 0 Å². The van der Waals surface area contributed by atoms with E-state index in [1.54, 1.807) is 0 Å². The third-order valence-electron chi connectivity index (χ3n) is 1.77. The zero-order chi connectivity index (χ0) is 10.6. The molecule has 0 saturated carbocycles. The number of hydrogen-bond donors (Lipinski definition) is 1. The van der Waals surface area contributed by atoms with Crippen LogP contribution in [0, 0.1) is 5.82 Å². The Morgan fingerprint density at radius 1 is 1.43 bits per heavy atom. The van der Waals surface area contributed by atoms with Gasteiger partial charge in [0.25, 0.3) is 0 Å². The number of carbonyl (C=O) groups is 1. The van der Waals surface area contributed by atoms with Crippen molar-refractivity contribution in [2.24, 2.45) is 0 Å². The molecule has 0 aliphatic heterocycles. The van der Waals surface area contributed by atoms with E-state index in [9.17, 15) is 9.18 Å². The summed E-state index contributed by atoms with van der Waals surface area (Å²) < 4.78 is 12.5. The second-order valence-electron chi connectivity index (χ2n) is 2.76. The highest BCUT2D eigenvalue weighted by Gasteiger charge is 2.06. The minimum absolute atomic E-state index is 0.0802. The highest BCUT2D eigenvalue weighted by molar-refractivity contribution is 5.86. The third-order valence-corrected chi connectivity index (χ3v) is 1.77. The molecule has 0 saturated heterocycles. The molecule has 0 heterocycles. The molecule has 14 heavy (non-hydrogen) atoms. The highest BCUT2D eigenvalue weighted by Crippen LogP contribution is 2.08. The van der Waals surface area contributed by atoms with Crippen LogP contribution in [-0.2, 0) is 11.2 Å². The van der Waals surface area contributed by atoms with Gasteiger partial charge in [-0.25, -0.2) is 9.18 Å². The van der Waals surface area contributed by atoms with E-state index in [4.69, 9.17) is 5.11 Å². The van der Waals surface area contributed by atoms with Gasteiger partial charge in [-0.05, 0) is 17.7 Å². The molecular formula is C11H9FO2. The Kier molecular flexibility index (Phi) is 3.21. The summed E-state index contributed by atoms with van der Waals surface area (Å²) >= 11 is 0. The fourth-order valence-electron chi connectivity index (χ4n) is 1.02. The summed E-state index contributed by atoms with van der Waals surface area (Å²) in [7, 11) is 0. The van der Waals surface area contributed by atoms with Gasteiger partial charge in [-0.1, -0.05) is 18.7 Å². The van der Waals surface area contributed by atoms with Gasteiger partial charge in [0.1, 0.15) is 5.82 Å². The van der Waals surface area contributed by atoms with Crippen molar-refractivity contribution < 1.29 is 14.3 Å². The van der Waals surface area contributed by atoms with E-state index in [1.807, 2.05) is 0 Å². The van der Waals surface area contributed by atoms with Crippen LogP contribution in [0.2, 0.25) is 0 Å². The molecule has 0 unspecified atom stereocenters. The molecule has 1 aromatic carbocycles. The van der Waals surface area contributed by atoms with Gasteiger partial charge in [-0.3, -0.25) is 0 Å². The van der Waals surface area contributed by atoms with Gasteiger partial charge >= 0.3 is 5.97 Å². The Bertz CT molecular complexity index is 386. The Morgan fingerprint density at radius 2 is 2.00 bits per heavy atom. The lowest BCUT2D eigenvalue weighted by Gasteiger charge is -1.99. The zero-order valence-corrected chi connectivity index (χ0v) is 7.46. The summed E-state index contributed by atoms with van der Waals surface area (Å²) in [5, 5.41) is 8.68. The quantitative estimate of drug-likeness (QED) is 0.588. The van der Waals surface area contributed by atoms with Crippen LogP contribution in [0.4, 0.5) is 4.39 Å². The van der Waals surface area contributed by atoms with E-state index < -0.39 is 5.97 Å². The van der Waals surface area contributed by atoms with Crippen molar-refractivity contribution in [2.75, 3.05) is 0 Å². The minimum atomic E-state index is -1.05. The maximum Gasteiger partial charge on any atom is 0.339 e. The van der Waals surface area contributed by atoms with Crippen LogP contribution >= 0.6 is 0 Å². The van der Waals surface area contributed by atoms with Crippen LogP contribution in [0.25, 0.3) is 0 Å². The first-order valence-corrected chi connectivity index (χ1v) is 4.00. The summed E-state index contributed by atoms with van der Waals surface area (Å²) in [5.74, 6) is -1.39. The largest absolute Gasteiger partial charge is 0.477 e. The van der Waals surface area contributed by atoms with Crippen molar-refractivity contribution in [2.45, 2.75) is 6.42 Å². The Morgan fingerprint density at radius 3 is 2.43 bits per heavy atom. The van der Waals surface area contributed by atoms with Crippen molar-refractivity contribution in [3.05, 3.63) is 53.5 Å². The molecule has 1 N–H and O–H groups in total. The van der Waals surface area contributed by atoms with Gasteiger partial charge in [0.15, 0.2) is 0 Å². The number of benzene rings is 1. The highest BCUT2D eigenvalue weighted by atomic mass is 19.1. The van der Waals surface area contributed by atoms with Gasteiger partial charge in [-0.2, -0.15) is 0 Å². The van der Waals surface area contributed by atoms with E-state index in [0.29, 0.717) is 0 Å². The van der Waals surface area contributed by atoms with Crippen molar-refractivity contribution in [1.29, 1.82) is 0 Å². The van der Waals surface area contributed by atoms with Gasteiger partial charge in [-0.15, -0.1) is 5.73 Å². The minimum Gasteiger partial charge on any atom is -0.477 e. The molecule has 0 bridgehead atoms. The van der Waals surface area contributed by atoms with Crippen molar-refractivity contribution >= 4 is 5.97 Å². The number of carboxylic acid groups (broad SMARTS) is 1. The van der Waals surface area contributed by atoms with E-state index in [0.717, 1.165) is 5.56 Å². The Labute approximate surface area is 81.0 Å². The molecule has 0 atom stereocenters. The third kappa shape index (κ3) is 2.57. The molecule has 0 spiro atoms. The summed E-state index contributed by atoms with van der Waals surface area (Å²) in [6, 6.07) is 5.65. The van der Waals surface area contributed by atoms with Crippen LogP contribution in [0.5, 0.6) is 0 Å². The molecule has 0 radical (unpaired) electrons. The molecule has 0 aromatic heterocycles. The fourth-order valence-corrected chi connectivity index (χ4v) is 1.02. The lowest BCUT2D eigenvalue weighted by molar-refractivity contribution is -0.132. The number of halogens is 1. The number of aliphatic carboxylic acids is 1. The molecule has 2 nitrogen and oxygen atoms in total. The fraction of sp³-hybridized carbons (Fsp3) is 0.0909. The summed E-state index contributed by atoms with van der Waals surface area (Å²) in [6.07, 6.45) is 0.207. The topological polar surface area (TPSA) is 37.3 Å². The maximum atomic E-state index is 12.5. The van der Waals surface area contributed by atoms with Gasteiger partial charge < -0.3 is 5.11 Å². The molecule has 0 aliphatic carbocycles. The van der Waals surface area contributed by atoms with Crippen LogP contribution in [0.3, 0.4) is 0 Å². The summed E-state index contributed by atoms with van der Waals surface area (Å²) in [5.41, 5.74) is 3.14. The SMILES string of the molecule is C=C=C(Cc1ccc(F)cc1)C(=O)O. The Balaban J connectivity index is 2.83. The second kappa shape index (κ2) is 4.40. The first-order valence-electron chi connectivity index (χ1n) is 4.00. The van der Waals surface area contributed by atoms with E-state index in [-0.39, 0.29) is 17.8 Å². The number of carboxylic acids is 1. The van der Waals surface area contributed by atoms with Crippen LogP contribution in [-0.4, -0.2) is 11.1 Å². The zero-order valence-electron chi connectivity index (χ0n) is 7.46. The molecule has 0 fully saturated rings. The van der Waals surface area contributed by atoms with Crippen LogP contribution < -0.4 is 0 Å². The molecule has 1 rings (SSSR count). The average molecular weight is 192 g/mol. The second-order valence-corrected chi connectivity index (χ2v) is 2.76. The van der Waals surface area contributed by atoms with Crippen molar-refractivity contribution in [3.8, 4) is 0 Å². The molecule has 0 aliphatic rings. The number of hydrogen-bond acceptors (Lipinski definition) is 1. The first-order chi connectivity index (χ1) is 6.63. The lowest BCUT2D eigenvalue weighted by Crippen LogP contribution is -2.02.